The molecule has 0 radical (unpaired) electrons. The van der Waals surface area contributed by atoms with E-state index in [1.807, 2.05) is 7.05 Å². The number of nitrogens with one attached hydrogen (secondary N) is 1. The molecular formula is C18H34Cl2N2O. The maximum atomic E-state index is 11.1. The van der Waals surface area contributed by atoms with Gasteiger partial charge in [0.25, 0.3) is 0 Å². The van der Waals surface area contributed by atoms with Gasteiger partial charge in [-0.25, -0.2) is 0 Å². The largest absolute Gasteiger partial charge is 0.392 e. The SMILES string of the molecule is CNC[C@@H](C1CCC(Cl)C(Cl)C1)[C@@H](O)C1CCCC(N(C)C)C1. The first kappa shape index (κ1) is 19.8. The molecule has 2 rings (SSSR count). The lowest BCUT2D eigenvalue weighted by Gasteiger charge is -2.42. The van der Waals surface area contributed by atoms with Crippen molar-refractivity contribution in [2.75, 3.05) is 27.7 Å². The Morgan fingerprint density at radius 1 is 1.04 bits per heavy atom. The molecular weight excluding hydrogens is 331 g/mol. The highest BCUT2D eigenvalue weighted by Gasteiger charge is 2.39. The second-order valence-electron chi connectivity index (χ2n) is 7.86. The van der Waals surface area contributed by atoms with Crippen LogP contribution in [0, 0.1) is 17.8 Å². The Balaban J connectivity index is 2.01. The Labute approximate surface area is 152 Å². The lowest BCUT2D eigenvalue weighted by Crippen LogP contribution is -2.45. The minimum atomic E-state index is -0.231. The van der Waals surface area contributed by atoms with Gasteiger partial charge in [-0.1, -0.05) is 6.42 Å². The number of aliphatic hydroxyl groups excluding tert-OH is 1. The lowest BCUT2D eigenvalue weighted by molar-refractivity contribution is -0.00932. The van der Waals surface area contributed by atoms with Crippen LogP contribution >= 0.6 is 23.2 Å². The summed E-state index contributed by atoms with van der Waals surface area (Å²) in [6, 6.07) is 0.609. The van der Waals surface area contributed by atoms with E-state index < -0.39 is 0 Å². The van der Waals surface area contributed by atoms with Gasteiger partial charge in [-0.15, -0.1) is 23.2 Å². The summed E-state index contributed by atoms with van der Waals surface area (Å²) in [5.74, 6) is 1.18. The van der Waals surface area contributed by atoms with Crippen molar-refractivity contribution in [2.24, 2.45) is 17.8 Å². The second-order valence-corrected chi connectivity index (χ2v) is 8.98. The molecule has 2 aliphatic carbocycles. The third-order valence-corrected chi connectivity index (χ3v) is 7.25. The first-order valence-electron chi connectivity index (χ1n) is 9.21. The minimum Gasteiger partial charge on any atom is -0.392 e. The van der Waals surface area contributed by atoms with Crippen LogP contribution in [0.25, 0.3) is 0 Å². The fourth-order valence-corrected chi connectivity index (χ4v) is 5.21. The van der Waals surface area contributed by atoms with Crippen molar-refractivity contribution in [3.8, 4) is 0 Å². The van der Waals surface area contributed by atoms with Gasteiger partial charge < -0.3 is 15.3 Å². The van der Waals surface area contributed by atoms with E-state index in [0.717, 1.165) is 38.6 Å². The molecule has 3 nitrogen and oxygen atoms in total. The predicted octanol–water partition coefficient (Wildman–Crippen LogP) is 3.32. The van der Waals surface area contributed by atoms with Gasteiger partial charge in [-0.2, -0.15) is 0 Å². The molecule has 5 heteroatoms. The summed E-state index contributed by atoms with van der Waals surface area (Å²) in [6.07, 6.45) is 7.51. The average Bonchev–Trinajstić information content (AvgIpc) is 2.55. The van der Waals surface area contributed by atoms with Gasteiger partial charge in [-0.05, 0) is 71.5 Å². The third kappa shape index (κ3) is 5.22. The molecule has 2 saturated carbocycles. The van der Waals surface area contributed by atoms with Gasteiger partial charge >= 0.3 is 0 Å². The van der Waals surface area contributed by atoms with Crippen molar-refractivity contribution < 1.29 is 5.11 Å². The van der Waals surface area contributed by atoms with Gasteiger partial charge in [0.05, 0.1) is 11.5 Å². The summed E-state index contributed by atoms with van der Waals surface area (Å²) >= 11 is 12.7. The molecule has 0 spiro atoms. The number of aliphatic hydroxyl groups is 1. The van der Waals surface area contributed by atoms with Gasteiger partial charge in [0.2, 0.25) is 0 Å². The molecule has 0 saturated heterocycles. The number of alkyl halides is 2. The molecule has 5 unspecified atom stereocenters. The van der Waals surface area contributed by atoms with Gasteiger partial charge in [-0.3, -0.25) is 0 Å². The van der Waals surface area contributed by atoms with Crippen molar-refractivity contribution in [3.63, 3.8) is 0 Å². The van der Waals surface area contributed by atoms with Crippen molar-refractivity contribution in [1.29, 1.82) is 0 Å². The van der Waals surface area contributed by atoms with Crippen LogP contribution in [0.4, 0.5) is 0 Å². The molecule has 0 heterocycles. The zero-order valence-electron chi connectivity index (χ0n) is 14.8. The Morgan fingerprint density at radius 3 is 2.39 bits per heavy atom. The summed E-state index contributed by atoms with van der Waals surface area (Å²) in [5, 5.41) is 14.6. The van der Waals surface area contributed by atoms with E-state index in [1.54, 1.807) is 0 Å². The molecule has 2 N–H and O–H groups in total. The van der Waals surface area contributed by atoms with Crippen LogP contribution in [0.3, 0.4) is 0 Å². The monoisotopic (exact) mass is 364 g/mol. The fourth-order valence-electron chi connectivity index (χ4n) is 4.63. The van der Waals surface area contributed by atoms with Crippen molar-refractivity contribution in [2.45, 2.75) is 67.8 Å². The highest BCUT2D eigenvalue weighted by Crippen LogP contribution is 2.40. The summed E-state index contributed by atoms with van der Waals surface area (Å²) in [6.45, 7) is 0.867. The van der Waals surface area contributed by atoms with Gasteiger partial charge in [0.1, 0.15) is 0 Å². The number of halogens is 2. The Hall–Kier alpha value is 0.460. The van der Waals surface area contributed by atoms with E-state index in [0.29, 0.717) is 17.9 Å². The molecule has 136 valence electrons. The standard InChI is InChI=1S/C18H34Cl2N2O/c1-21-11-15(12-7-8-16(19)17(20)10-12)18(23)13-5-4-6-14(9-13)22(2)3/h12-18,21,23H,4-11H2,1-3H3/t12?,13?,14?,15-,16?,17?,18-/m0/s1. The highest BCUT2D eigenvalue weighted by molar-refractivity contribution is 6.30. The smallest absolute Gasteiger partial charge is 0.0611 e. The first-order valence-corrected chi connectivity index (χ1v) is 10.1. The fraction of sp³-hybridized carbons (Fsp3) is 1.00. The third-order valence-electron chi connectivity index (χ3n) is 6.12. The highest BCUT2D eigenvalue weighted by atomic mass is 35.5. The van der Waals surface area contributed by atoms with Crippen LogP contribution in [0.2, 0.25) is 0 Å². The molecule has 0 aromatic rings. The van der Waals surface area contributed by atoms with E-state index in [4.69, 9.17) is 23.2 Å². The minimum absolute atomic E-state index is 0.0443. The molecule has 0 amide bonds. The zero-order chi connectivity index (χ0) is 17.0. The molecule has 0 aromatic heterocycles. The molecule has 0 aromatic carbocycles. The van der Waals surface area contributed by atoms with E-state index in [2.05, 4.69) is 24.3 Å². The van der Waals surface area contributed by atoms with Crippen molar-refractivity contribution >= 4 is 23.2 Å². The molecule has 2 fully saturated rings. The van der Waals surface area contributed by atoms with E-state index in [9.17, 15) is 5.11 Å². The molecule has 0 aliphatic heterocycles. The number of hydrogen-bond donors (Lipinski definition) is 2. The summed E-state index contributed by atoms with van der Waals surface area (Å²) in [7, 11) is 6.29. The normalized spacial score (nSPS) is 38.5. The van der Waals surface area contributed by atoms with E-state index >= 15 is 0 Å². The lowest BCUT2D eigenvalue weighted by atomic mass is 9.70. The number of nitrogens with zero attached hydrogens (tertiary/aromatic N) is 1. The second kappa shape index (κ2) is 9.24. The maximum Gasteiger partial charge on any atom is 0.0611 e. The zero-order valence-corrected chi connectivity index (χ0v) is 16.4. The Morgan fingerprint density at radius 2 is 1.78 bits per heavy atom. The van der Waals surface area contributed by atoms with Crippen molar-refractivity contribution in [1.82, 2.24) is 10.2 Å². The number of rotatable bonds is 6. The molecule has 23 heavy (non-hydrogen) atoms. The quantitative estimate of drug-likeness (QED) is 0.709. The Kier molecular flexibility index (Phi) is 7.95. The van der Waals surface area contributed by atoms with Crippen molar-refractivity contribution in [3.05, 3.63) is 0 Å². The van der Waals surface area contributed by atoms with Crippen LogP contribution in [-0.2, 0) is 0 Å². The maximum absolute atomic E-state index is 11.1. The van der Waals surface area contributed by atoms with Crippen LogP contribution in [0.15, 0.2) is 0 Å². The average molecular weight is 365 g/mol. The molecule has 7 atom stereocenters. The van der Waals surface area contributed by atoms with E-state index in [1.165, 1.54) is 12.8 Å². The van der Waals surface area contributed by atoms with Gasteiger partial charge in [0, 0.05) is 23.9 Å². The Bertz CT molecular complexity index is 356. The van der Waals surface area contributed by atoms with Crippen LogP contribution in [0.1, 0.15) is 44.9 Å². The van der Waals surface area contributed by atoms with E-state index in [-0.39, 0.29) is 22.8 Å². The van der Waals surface area contributed by atoms with Crippen LogP contribution in [-0.4, -0.2) is 60.6 Å². The predicted molar refractivity (Wildman–Crippen MR) is 99.5 cm³/mol. The van der Waals surface area contributed by atoms with Crippen LogP contribution < -0.4 is 5.32 Å². The van der Waals surface area contributed by atoms with Gasteiger partial charge in [0.15, 0.2) is 0 Å². The molecule has 2 aliphatic rings. The summed E-state index contributed by atoms with van der Waals surface area (Å²) in [5.41, 5.74) is 0. The van der Waals surface area contributed by atoms with Crippen LogP contribution in [0.5, 0.6) is 0 Å². The first-order chi connectivity index (χ1) is 10.9. The summed E-state index contributed by atoms with van der Waals surface area (Å²) in [4.78, 5) is 2.32. The topological polar surface area (TPSA) is 35.5 Å². The summed E-state index contributed by atoms with van der Waals surface area (Å²) < 4.78 is 0. The number of hydrogen-bond acceptors (Lipinski definition) is 3. The molecule has 0 bridgehead atoms.